The number of ether oxygens (including phenoxy) is 1. The molecule has 0 heterocycles. The lowest BCUT2D eigenvalue weighted by molar-refractivity contribution is -0.139. The van der Waals surface area contributed by atoms with Crippen LogP contribution in [0.3, 0.4) is 0 Å². The van der Waals surface area contributed by atoms with Crippen LogP contribution in [0.1, 0.15) is 23.1 Å². The Morgan fingerprint density at radius 2 is 2.24 bits per heavy atom. The second-order valence-electron chi connectivity index (χ2n) is 3.20. The molecule has 0 spiro atoms. The van der Waals surface area contributed by atoms with Crippen LogP contribution in [0.4, 0.5) is 8.78 Å². The van der Waals surface area contributed by atoms with Crippen molar-refractivity contribution in [3.63, 3.8) is 0 Å². The van der Waals surface area contributed by atoms with E-state index in [-0.39, 0.29) is 22.0 Å². The first-order valence-corrected chi connectivity index (χ1v) is 5.36. The van der Waals surface area contributed by atoms with Gasteiger partial charge in [-0.3, -0.25) is 4.79 Å². The Balaban J connectivity index is 3.20. The van der Waals surface area contributed by atoms with Crippen molar-refractivity contribution in [2.45, 2.75) is 12.8 Å². The van der Waals surface area contributed by atoms with E-state index in [1.807, 2.05) is 0 Å². The number of carbonyl (C=O) groups is 1. The maximum absolute atomic E-state index is 12.6. The Labute approximate surface area is 105 Å². The minimum Gasteiger partial charge on any atom is -0.469 e. The summed E-state index contributed by atoms with van der Waals surface area (Å²) in [5, 5.41) is 8.84. The van der Waals surface area contributed by atoms with Gasteiger partial charge >= 0.3 is 5.97 Å². The van der Waals surface area contributed by atoms with Gasteiger partial charge in [-0.15, -0.1) is 0 Å². The molecule has 0 aliphatic heterocycles. The SMILES string of the molecule is COC(=O)Cc1cc(Br)c(C(F)F)cc1C#N. The normalized spacial score (nSPS) is 10.1. The number of methoxy groups -OCH3 is 1. The zero-order chi connectivity index (χ0) is 13.0. The molecule has 0 radical (unpaired) electrons. The first-order chi connectivity index (χ1) is 7.99. The second kappa shape index (κ2) is 5.73. The topological polar surface area (TPSA) is 50.1 Å². The number of nitrogens with zero attached hydrogens (tertiary/aromatic N) is 1. The number of esters is 1. The highest BCUT2D eigenvalue weighted by atomic mass is 79.9. The van der Waals surface area contributed by atoms with Crippen LogP contribution < -0.4 is 0 Å². The molecule has 90 valence electrons. The molecule has 6 heteroatoms. The van der Waals surface area contributed by atoms with E-state index in [9.17, 15) is 13.6 Å². The van der Waals surface area contributed by atoms with Crippen LogP contribution in [0, 0.1) is 11.3 Å². The minimum atomic E-state index is -2.68. The summed E-state index contributed by atoms with van der Waals surface area (Å²) in [7, 11) is 1.22. The maximum atomic E-state index is 12.6. The molecule has 0 fully saturated rings. The molecule has 0 aromatic heterocycles. The fraction of sp³-hybridized carbons (Fsp3) is 0.273. The molecule has 0 bridgehead atoms. The number of hydrogen-bond donors (Lipinski definition) is 0. The van der Waals surface area contributed by atoms with Gasteiger partial charge in [0.2, 0.25) is 0 Å². The van der Waals surface area contributed by atoms with Crippen molar-refractivity contribution < 1.29 is 18.3 Å². The van der Waals surface area contributed by atoms with Crippen molar-refractivity contribution in [1.29, 1.82) is 5.26 Å². The maximum Gasteiger partial charge on any atom is 0.310 e. The van der Waals surface area contributed by atoms with E-state index in [1.54, 1.807) is 6.07 Å². The van der Waals surface area contributed by atoms with E-state index in [4.69, 9.17) is 5.26 Å². The van der Waals surface area contributed by atoms with Gasteiger partial charge in [0.25, 0.3) is 6.43 Å². The number of benzene rings is 1. The molecule has 1 aromatic rings. The molecule has 0 N–H and O–H groups in total. The molecule has 3 nitrogen and oxygen atoms in total. The van der Waals surface area contributed by atoms with Crippen LogP contribution in [0.15, 0.2) is 16.6 Å². The summed E-state index contributed by atoms with van der Waals surface area (Å²) in [6.45, 7) is 0. The molecule has 0 unspecified atom stereocenters. The van der Waals surface area contributed by atoms with Crippen LogP contribution in [0.5, 0.6) is 0 Å². The summed E-state index contributed by atoms with van der Waals surface area (Å²) in [4.78, 5) is 11.1. The van der Waals surface area contributed by atoms with Gasteiger partial charge in [0, 0.05) is 10.0 Å². The quantitative estimate of drug-likeness (QED) is 0.807. The van der Waals surface area contributed by atoms with Gasteiger partial charge in [0.15, 0.2) is 0 Å². The lowest BCUT2D eigenvalue weighted by Gasteiger charge is -2.08. The highest BCUT2D eigenvalue weighted by Crippen LogP contribution is 2.30. The van der Waals surface area contributed by atoms with Gasteiger partial charge in [-0.1, -0.05) is 15.9 Å². The third-order valence-corrected chi connectivity index (χ3v) is 2.83. The first kappa shape index (κ1) is 13.6. The Kier molecular flexibility index (Phi) is 4.58. The van der Waals surface area contributed by atoms with Gasteiger partial charge in [-0.05, 0) is 17.7 Å². The molecule has 17 heavy (non-hydrogen) atoms. The predicted molar refractivity (Wildman–Crippen MR) is 59.5 cm³/mol. The van der Waals surface area contributed by atoms with Crippen molar-refractivity contribution in [3.05, 3.63) is 33.3 Å². The Hall–Kier alpha value is -1.48. The molecular formula is C11H8BrF2NO2. The van der Waals surface area contributed by atoms with Crippen molar-refractivity contribution in [2.75, 3.05) is 7.11 Å². The van der Waals surface area contributed by atoms with E-state index < -0.39 is 12.4 Å². The predicted octanol–water partition coefficient (Wildman–Crippen LogP) is 2.97. The Morgan fingerprint density at radius 3 is 2.71 bits per heavy atom. The smallest absolute Gasteiger partial charge is 0.310 e. The van der Waals surface area contributed by atoms with E-state index in [2.05, 4.69) is 20.7 Å². The molecule has 0 atom stereocenters. The average Bonchev–Trinajstić information content (AvgIpc) is 2.28. The summed E-state index contributed by atoms with van der Waals surface area (Å²) in [6, 6.07) is 4.21. The average molecular weight is 304 g/mol. The molecule has 1 aromatic carbocycles. The molecule has 1 rings (SSSR count). The molecule has 0 aliphatic rings. The zero-order valence-electron chi connectivity index (χ0n) is 8.84. The number of carbonyl (C=O) groups excluding carboxylic acids is 1. The fourth-order valence-corrected chi connectivity index (χ4v) is 1.84. The monoisotopic (exact) mass is 303 g/mol. The zero-order valence-corrected chi connectivity index (χ0v) is 10.4. The summed E-state index contributed by atoms with van der Waals surface area (Å²) >= 11 is 2.98. The summed E-state index contributed by atoms with van der Waals surface area (Å²) in [5.74, 6) is -0.529. The van der Waals surface area contributed by atoms with E-state index in [1.165, 1.54) is 13.2 Å². The molecule has 0 amide bonds. The van der Waals surface area contributed by atoms with E-state index in [0.29, 0.717) is 5.56 Å². The second-order valence-corrected chi connectivity index (χ2v) is 4.05. The molecular weight excluding hydrogens is 296 g/mol. The number of hydrogen-bond acceptors (Lipinski definition) is 3. The van der Waals surface area contributed by atoms with Crippen LogP contribution in [0.2, 0.25) is 0 Å². The van der Waals surface area contributed by atoms with Crippen LogP contribution >= 0.6 is 15.9 Å². The first-order valence-electron chi connectivity index (χ1n) is 4.57. The van der Waals surface area contributed by atoms with Gasteiger partial charge in [0.05, 0.1) is 25.2 Å². The summed E-state index contributed by atoms with van der Waals surface area (Å²) < 4.78 is 29.8. The molecule has 0 saturated carbocycles. The van der Waals surface area contributed by atoms with E-state index >= 15 is 0 Å². The van der Waals surface area contributed by atoms with Gasteiger partial charge in [-0.2, -0.15) is 5.26 Å². The van der Waals surface area contributed by atoms with Crippen molar-refractivity contribution in [1.82, 2.24) is 0 Å². The summed E-state index contributed by atoms with van der Waals surface area (Å²) in [6.07, 6.45) is -2.80. The van der Waals surface area contributed by atoms with Crippen LogP contribution in [-0.2, 0) is 16.0 Å². The lowest BCUT2D eigenvalue weighted by atomic mass is 10.0. The highest BCUT2D eigenvalue weighted by molar-refractivity contribution is 9.10. The van der Waals surface area contributed by atoms with Crippen LogP contribution in [0.25, 0.3) is 0 Å². The van der Waals surface area contributed by atoms with Crippen molar-refractivity contribution >= 4 is 21.9 Å². The van der Waals surface area contributed by atoms with Crippen molar-refractivity contribution in [2.24, 2.45) is 0 Å². The van der Waals surface area contributed by atoms with Crippen LogP contribution in [-0.4, -0.2) is 13.1 Å². The van der Waals surface area contributed by atoms with Crippen molar-refractivity contribution in [3.8, 4) is 6.07 Å². The Bertz CT molecular complexity index is 483. The largest absolute Gasteiger partial charge is 0.469 e. The number of alkyl halides is 2. The number of halogens is 3. The summed E-state index contributed by atoms with van der Waals surface area (Å²) in [5.41, 5.74) is 0.139. The standard InChI is InChI=1S/C11H8BrF2NO2/c1-17-10(16)4-6-3-9(12)8(11(13)14)2-7(6)5-15/h2-3,11H,4H2,1H3. The minimum absolute atomic E-state index is 0.0499. The van der Waals surface area contributed by atoms with Gasteiger partial charge in [0.1, 0.15) is 0 Å². The highest BCUT2D eigenvalue weighted by Gasteiger charge is 2.17. The molecule has 0 saturated heterocycles. The molecule has 0 aliphatic carbocycles. The number of nitriles is 1. The third-order valence-electron chi connectivity index (χ3n) is 2.14. The van der Waals surface area contributed by atoms with Gasteiger partial charge < -0.3 is 4.74 Å². The van der Waals surface area contributed by atoms with E-state index in [0.717, 1.165) is 6.07 Å². The lowest BCUT2D eigenvalue weighted by Crippen LogP contribution is -2.06. The number of rotatable bonds is 3. The van der Waals surface area contributed by atoms with Gasteiger partial charge in [-0.25, -0.2) is 8.78 Å². The Morgan fingerprint density at radius 1 is 1.59 bits per heavy atom. The fourth-order valence-electron chi connectivity index (χ4n) is 1.28. The third kappa shape index (κ3) is 3.24.